The molecular formula is C20H23N3O3. The lowest BCUT2D eigenvalue weighted by atomic mass is 10.3. The monoisotopic (exact) mass is 353 g/mol. The summed E-state index contributed by atoms with van der Waals surface area (Å²) >= 11 is 0. The standard InChI is InChI=1S/C20H23N3O3/c1-2-22-17-10-6-7-11-18(17)23(20(22)25)14-12-19(24)21-13-15-26-16-8-4-3-5-9-16/h3-11H,2,12-15H2,1H3,(H,21,24). The van der Waals surface area contributed by atoms with E-state index in [2.05, 4.69) is 5.32 Å². The van der Waals surface area contributed by atoms with E-state index in [1.165, 1.54) is 0 Å². The fraction of sp³-hybridized carbons (Fsp3) is 0.300. The van der Waals surface area contributed by atoms with Crippen LogP contribution in [0.2, 0.25) is 0 Å². The Morgan fingerprint density at radius 2 is 1.65 bits per heavy atom. The molecule has 136 valence electrons. The lowest BCUT2D eigenvalue weighted by Crippen LogP contribution is -2.30. The highest BCUT2D eigenvalue weighted by Crippen LogP contribution is 2.13. The predicted molar refractivity (Wildman–Crippen MR) is 101 cm³/mol. The van der Waals surface area contributed by atoms with Gasteiger partial charge in [-0.1, -0.05) is 30.3 Å². The number of aromatic nitrogens is 2. The highest BCUT2D eigenvalue weighted by atomic mass is 16.5. The summed E-state index contributed by atoms with van der Waals surface area (Å²) in [5, 5.41) is 2.83. The van der Waals surface area contributed by atoms with Crippen molar-refractivity contribution in [1.82, 2.24) is 14.5 Å². The van der Waals surface area contributed by atoms with Crippen molar-refractivity contribution < 1.29 is 9.53 Å². The molecule has 0 saturated carbocycles. The molecule has 1 amide bonds. The first-order valence-electron chi connectivity index (χ1n) is 8.83. The van der Waals surface area contributed by atoms with Crippen molar-refractivity contribution in [2.75, 3.05) is 13.2 Å². The SMILES string of the molecule is CCn1c(=O)n(CCC(=O)NCCOc2ccccc2)c2ccccc21. The van der Waals surface area contributed by atoms with Crippen molar-refractivity contribution in [2.45, 2.75) is 26.4 Å². The summed E-state index contributed by atoms with van der Waals surface area (Å²) in [7, 11) is 0. The Labute approximate surface area is 152 Å². The van der Waals surface area contributed by atoms with Gasteiger partial charge in [0.25, 0.3) is 0 Å². The van der Waals surface area contributed by atoms with Crippen LogP contribution in [0.5, 0.6) is 5.75 Å². The van der Waals surface area contributed by atoms with Gasteiger partial charge < -0.3 is 10.1 Å². The smallest absolute Gasteiger partial charge is 0.329 e. The number of hydrogen-bond donors (Lipinski definition) is 1. The maximum Gasteiger partial charge on any atom is 0.329 e. The third-order valence-corrected chi connectivity index (χ3v) is 4.24. The van der Waals surface area contributed by atoms with E-state index in [-0.39, 0.29) is 18.0 Å². The van der Waals surface area contributed by atoms with Gasteiger partial charge in [0, 0.05) is 19.5 Å². The van der Waals surface area contributed by atoms with Crippen molar-refractivity contribution in [2.24, 2.45) is 0 Å². The molecule has 0 atom stereocenters. The van der Waals surface area contributed by atoms with Crippen molar-refractivity contribution in [3.8, 4) is 5.75 Å². The Balaban J connectivity index is 1.53. The fourth-order valence-corrected chi connectivity index (χ4v) is 2.97. The molecule has 1 N–H and O–H groups in total. The second-order valence-electron chi connectivity index (χ2n) is 5.93. The van der Waals surface area contributed by atoms with E-state index in [1.54, 1.807) is 9.13 Å². The Morgan fingerprint density at radius 3 is 2.35 bits per heavy atom. The van der Waals surface area contributed by atoms with Crippen molar-refractivity contribution in [3.05, 3.63) is 65.1 Å². The second-order valence-corrected chi connectivity index (χ2v) is 5.93. The molecular weight excluding hydrogens is 330 g/mol. The predicted octanol–water partition coefficient (Wildman–Crippen LogP) is 2.41. The number of rotatable bonds is 8. The normalized spacial score (nSPS) is 10.8. The van der Waals surface area contributed by atoms with Crippen molar-refractivity contribution in [3.63, 3.8) is 0 Å². The first-order chi connectivity index (χ1) is 12.7. The van der Waals surface area contributed by atoms with E-state index in [0.717, 1.165) is 16.8 Å². The minimum atomic E-state index is -0.0955. The maximum absolute atomic E-state index is 12.5. The number of carbonyl (C=O) groups excluding carboxylic acids is 1. The zero-order valence-corrected chi connectivity index (χ0v) is 14.9. The van der Waals surface area contributed by atoms with Gasteiger partial charge in [-0.15, -0.1) is 0 Å². The molecule has 6 nitrogen and oxygen atoms in total. The summed E-state index contributed by atoms with van der Waals surface area (Å²) in [6, 6.07) is 17.1. The van der Waals surface area contributed by atoms with Crippen LogP contribution < -0.4 is 15.7 Å². The van der Waals surface area contributed by atoms with E-state index in [4.69, 9.17) is 4.74 Å². The Kier molecular flexibility index (Phi) is 5.73. The summed E-state index contributed by atoms with van der Waals surface area (Å²) < 4.78 is 8.93. The topological polar surface area (TPSA) is 65.3 Å². The van der Waals surface area contributed by atoms with E-state index in [0.29, 0.717) is 26.2 Å². The highest BCUT2D eigenvalue weighted by molar-refractivity contribution is 5.78. The quantitative estimate of drug-likeness (QED) is 0.633. The molecule has 3 aromatic rings. The van der Waals surface area contributed by atoms with Crippen molar-refractivity contribution in [1.29, 1.82) is 0 Å². The zero-order valence-electron chi connectivity index (χ0n) is 14.9. The van der Waals surface area contributed by atoms with Crippen LogP contribution >= 0.6 is 0 Å². The summed E-state index contributed by atoms with van der Waals surface area (Å²) in [6.07, 6.45) is 0.253. The van der Waals surface area contributed by atoms with Crippen LogP contribution in [0.3, 0.4) is 0 Å². The largest absolute Gasteiger partial charge is 0.492 e. The van der Waals surface area contributed by atoms with Crippen LogP contribution in [-0.4, -0.2) is 28.2 Å². The number of nitrogens with one attached hydrogen (secondary N) is 1. The number of para-hydroxylation sites is 3. The average Bonchev–Trinajstić information content (AvgIpc) is 2.95. The van der Waals surface area contributed by atoms with E-state index in [9.17, 15) is 9.59 Å². The van der Waals surface area contributed by atoms with E-state index in [1.807, 2.05) is 61.5 Å². The summed E-state index contributed by atoms with van der Waals surface area (Å²) in [6.45, 7) is 3.74. The molecule has 0 radical (unpaired) electrons. The molecule has 0 aliphatic rings. The number of hydrogen-bond acceptors (Lipinski definition) is 3. The molecule has 0 bridgehead atoms. The molecule has 0 saturated heterocycles. The zero-order chi connectivity index (χ0) is 18.4. The summed E-state index contributed by atoms with van der Waals surface area (Å²) in [4.78, 5) is 24.6. The Bertz CT molecular complexity index is 928. The number of aryl methyl sites for hydroxylation is 2. The van der Waals surface area contributed by atoms with Gasteiger partial charge in [0.05, 0.1) is 17.6 Å². The van der Waals surface area contributed by atoms with Gasteiger partial charge in [0.15, 0.2) is 0 Å². The fourth-order valence-electron chi connectivity index (χ4n) is 2.97. The Hall–Kier alpha value is -3.02. The van der Waals surface area contributed by atoms with Gasteiger partial charge in [0.2, 0.25) is 5.91 Å². The second kappa shape index (κ2) is 8.38. The summed E-state index contributed by atoms with van der Waals surface area (Å²) in [5.41, 5.74) is 1.69. The lowest BCUT2D eigenvalue weighted by Gasteiger charge is -2.08. The van der Waals surface area contributed by atoms with Gasteiger partial charge in [-0.25, -0.2) is 4.79 Å². The molecule has 1 aromatic heterocycles. The summed E-state index contributed by atoms with van der Waals surface area (Å²) in [5.74, 6) is 0.683. The molecule has 6 heteroatoms. The number of benzene rings is 2. The van der Waals surface area contributed by atoms with Crippen molar-refractivity contribution >= 4 is 16.9 Å². The molecule has 0 unspecified atom stereocenters. The van der Waals surface area contributed by atoms with Crippen LogP contribution in [-0.2, 0) is 17.9 Å². The van der Waals surface area contributed by atoms with E-state index < -0.39 is 0 Å². The number of imidazole rings is 1. The third-order valence-electron chi connectivity index (χ3n) is 4.24. The van der Waals surface area contributed by atoms with Crippen LogP contribution in [0.1, 0.15) is 13.3 Å². The molecule has 0 fully saturated rings. The molecule has 1 heterocycles. The lowest BCUT2D eigenvalue weighted by molar-refractivity contribution is -0.121. The third kappa shape index (κ3) is 3.96. The number of carbonyl (C=O) groups is 1. The maximum atomic E-state index is 12.5. The van der Waals surface area contributed by atoms with Gasteiger partial charge in [-0.05, 0) is 31.2 Å². The minimum absolute atomic E-state index is 0.0751. The van der Waals surface area contributed by atoms with Crippen LogP contribution in [0, 0.1) is 0 Å². The molecule has 3 rings (SSSR count). The van der Waals surface area contributed by atoms with Crippen LogP contribution in [0.4, 0.5) is 0 Å². The average molecular weight is 353 g/mol. The first-order valence-corrected chi connectivity index (χ1v) is 8.83. The number of amides is 1. The number of nitrogens with zero attached hydrogens (tertiary/aromatic N) is 2. The molecule has 0 spiro atoms. The van der Waals surface area contributed by atoms with E-state index >= 15 is 0 Å². The first kappa shape index (κ1) is 17.8. The van der Waals surface area contributed by atoms with Gasteiger partial charge in [0.1, 0.15) is 12.4 Å². The molecule has 0 aliphatic heterocycles. The highest BCUT2D eigenvalue weighted by Gasteiger charge is 2.12. The van der Waals surface area contributed by atoms with Gasteiger partial charge >= 0.3 is 5.69 Å². The molecule has 26 heavy (non-hydrogen) atoms. The number of ether oxygens (including phenoxy) is 1. The number of fused-ring (bicyclic) bond motifs is 1. The van der Waals surface area contributed by atoms with Crippen LogP contribution in [0.25, 0.3) is 11.0 Å². The minimum Gasteiger partial charge on any atom is -0.492 e. The van der Waals surface area contributed by atoms with Gasteiger partial charge in [-0.2, -0.15) is 0 Å². The Morgan fingerprint density at radius 1 is 1.00 bits per heavy atom. The van der Waals surface area contributed by atoms with Gasteiger partial charge in [-0.3, -0.25) is 13.9 Å². The molecule has 2 aromatic carbocycles. The molecule has 0 aliphatic carbocycles. The van der Waals surface area contributed by atoms with Crippen LogP contribution in [0.15, 0.2) is 59.4 Å².